The van der Waals surface area contributed by atoms with Gasteiger partial charge in [-0.2, -0.15) is 0 Å². The zero-order chi connectivity index (χ0) is 13.1. The van der Waals surface area contributed by atoms with Gasteiger partial charge in [0.15, 0.2) is 0 Å². The average molecular weight is 269 g/mol. The fourth-order valence-corrected chi connectivity index (χ4v) is 2.89. The van der Waals surface area contributed by atoms with Crippen molar-refractivity contribution in [3.8, 4) is 0 Å². The second kappa shape index (κ2) is 5.39. The number of benzene rings is 1. The third-order valence-corrected chi connectivity index (χ3v) is 4.01. The van der Waals surface area contributed by atoms with E-state index < -0.39 is 12.0 Å². The third kappa shape index (κ3) is 3.01. The van der Waals surface area contributed by atoms with Gasteiger partial charge in [-0.1, -0.05) is 12.1 Å². The first-order valence-electron chi connectivity index (χ1n) is 5.45. The normalized spacial score (nSPS) is 23.5. The fraction of sp³-hybridized carbons (Fsp3) is 0.333. The molecule has 96 valence electrons. The molecule has 2 atom stereocenters. The summed E-state index contributed by atoms with van der Waals surface area (Å²) >= 11 is 1.32. The van der Waals surface area contributed by atoms with Crippen LogP contribution in [0, 0.1) is 5.82 Å². The zero-order valence-corrected chi connectivity index (χ0v) is 10.2. The first kappa shape index (κ1) is 12.9. The number of nitrogens with one attached hydrogen (secondary N) is 1. The summed E-state index contributed by atoms with van der Waals surface area (Å²) in [4.78, 5) is 22.4. The van der Waals surface area contributed by atoms with Gasteiger partial charge in [-0.05, 0) is 24.1 Å². The van der Waals surface area contributed by atoms with Crippen LogP contribution in [0.2, 0.25) is 0 Å². The Balaban J connectivity index is 1.97. The number of carbonyl (C=O) groups is 2. The van der Waals surface area contributed by atoms with Crippen molar-refractivity contribution in [3.63, 3.8) is 0 Å². The Bertz CT molecular complexity index is 463. The predicted molar refractivity (Wildman–Crippen MR) is 65.9 cm³/mol. The van der Waals surface area contributed by atoms with Gasteiger partial charge in [0.05, 0.1) is 5.25 Å². The lowest BCUT2D eigenvalue weighted by Gasteiger charge is -2.26. The number of hydrogen-bond acceptors (Lipinski definition) is 3. The molecule has 0 radical (unpaired) electrons. The minimum Gasteiger partial charge on any atom is -0.480 e. The van der Waals surface area contributed by atoms with Crippen LogP contribution in [0.15, 0.2) is 24.3 Å². The van der Waals surface area contributed by atoms with E-state index in [0.717, 1.165) is 5.56 Å². The Hall–Kier alpha value is -1.56. The van der Waals surface area contributed by atoms with Crippen molar-refractivity contribution in [1.82, 2.24) is 5.32 Å². The van der Waals surface area contributed by atoms with Crippen LogP contribution < -0.4 is 5.32 Å². The molecule has 0 saturated carbocycles. The van der Waals surface area contributed by atoms with E-state index in [9.17, 15) is 14.0 Å². The number of rotatable bonds is 3. The summed E-state index contributed by atoms with van der Waals surface area (Å²) in [5, 5.41) is 10.9. The molecule has 1 amide bonds. The highest BCUT2D eigenvalue weighted by atomic mass is 32.2. The summed E-state index contributed by atoms with van der Waals surface area (Å²) in [5.74, 6) is -1.25. The van der Waals surface area contributed by atoms with Crippen molar-refractivity contribution < 1.29 is 19.1 Å². The van der Waals surface area contributed by atoms with Gasteiger partial charge < -0.3 is 10.4 Å². The Kier molecular flexibility index (Phi) is 3.86. The number of carboxylic acid groups (broad SMARTS) is 1. The molecule has 2 N–H and O–H groups in total. The molecule has 18 heavy (non-hydrogen) atoms. The predicted octanol–water partition coefficient (Wildman–Crippen LogP) is 1.05. The van der Waals surface area contributed by atoms with Crippen molar-refractivity contribution >= 4 is 23.6 Å². The molecule has 0 spiro atoms. The van der Waals surface area contributed by atoms with Gasteiger partial charge in [0.2, 0.25) is 5.91 Å². The molecule has 0 aliphatic carbocycles. The highest BCUT2D eigenvalue weighted by Crippen LogP contribution is 2.22. The van der Waals surface area contributed by atoms with E-state index in [2.05, 4.69) is 5.32 Å². The standard InChI is InChI=1S/C12H12FNO3S/c13-8-3-1-7(2-4-8)5-10-11(15)14-9(6-18-10)12(16)17/h1-4,9-10H,5-6H2,(H,14,15)(H,16,17). The maximum Gasteiger partial charge on any atom is 0.327 e. The van der Waals surface area contributed by atoms with E-state index in [4.69, 9.17) is 5.11 Å². The van der Waals surface area contributed by atoms with Crippen LogP contribution in [0.4, 0.5) is 4.39 Å². The van der Waals surface area contributed by atoms with Gasteiger partial charge in [-0.25, -0.2) is 9.18 Å². The smallest absolute Gasteiger partial charge is 0.327 e. The van der Waals surface area contributed by atoms with Crippen LogP contribution in [-0.2, 0) is 16.0 Å². The van der Waals surface area contributed by atoms with E-state index in [0.29, 0.717) is 12.2 Å². The minimum atomic E-state index is -1.02. The van der Waals surface area contributed by atoms with Crippen LogP contribution in [0.1, 0.15) is 5.56 Å². The fourth-order valence-electron chi connectivity index (χ4n) is 1.71. The highest BCUT2D eigenvalue weighted by molar-refractivity contribution is 8.00. The Labute approximate surface area is 108 Å². The van der Waals surface area contributed by atoms with Crippen LogP contribution in [0.3, 0.4) is 0 Å². The molecule has 6 heteroatoms. The van der Waals surface area contributed by atoms with Gasteiger partial charge >= 0.3 is 5.97 Å². The second-order valence-electron chi connectivity index (χ2n) is 4.05. The number of thioether (sulfide) groups is 1. The lowest BCUT2D eigenvalue weighted by Crippen LogP contribution is -2.51. The zero-order valence-electron chi connectivity index (χ0n) is 9.43. The molecule has 1 fully saturated rings. The van der Waals surface area contributed by atoms with Crippen molar-refractivity contribution in [3.05, 3.63) is 35.6 Å². The monoisotopic (exact) mass is 269 g/mol. The van der Waals surface area contributed by atoms with Crippen molar-refractivity contribution in [2.45, 2.75) is 17.7 Å². The number of carboxylic acids is 1. The molecule has 1 heterocycles. The summed E-state index contributed by atoms with van der Waals surface area (Å²) < 4.78 is 12.7. The molecule has 1 saturated heterocycles. The van der Waals surface area contributed by atoms with Crippen molar-refractivity contribution in [1.29, 1.82) is 0 Å². The topological polar surface area (TPSA) is 66.4 Å². The highest BCUT2D eigenvalue weighted by Gasteiger charge is 2.32. The number of halogens is 1. The first-order valence-corrected chi connectivity index (χ1v) is 6.50. The molecule has 1 aliphatic rings. The van der Waals surface area contributed by atoms with Gasteiger partial charge in [0, 0.05) is 5.75 Å². The summed E-state index contributed by atoms with van der Waals surface area (Å²) in [7, 11) is 0. The average Bonchev–Trinajstić information content (AvgIpc) is 2.34. The van der Waals surface area contributed by atoms with Crippen molar-refractivity contribution in [2.24, 2.45) is 0 Å². The first-order chi connectivity index (χ1) is 8.56. The molecule has 1 aromatic carbocycles. The van der Waals surface area contributed by atoms with Crippen LogP contribution >= 0.6 is 11.8 Å². The number of hydrogen-bond donors (Lipinski definition) is 2. The third-order valence-electron chi connectivity index (χ3n) is 2.71. The molecular weight excluding hydrogens is 257 g/mol. The maximum atomic E-state index is 12.7. The van der Waals surface area contributed by atoms with E-state index >= 15 is 0 Å². The summed E-state index contributed by atoms with van der Waals surface area (Å²) in [5.41, 5.74) is 0.859. The molecule has 2 unspecified atom stereocenters. The van der Waals surface area contributed by atoms with Crippen molar-refractivity contribution in [2.75, 3.05) is 5.75 Å². The Morgan fingerprint density at radius 1 is 1.44 bits per heavy atom. The molecule has 2 rings (SSSR count). The Morgan fingerprint density at radius 3 is 2.67 bits per heavy atom. The van der Waals surface area contributed by atoms with Gasteiger partial charge in [0.25, 0.3) is 0 Å². The van der Waals surface area contributed by atoms with E-state index in [-0.39, 0.29) is 17.0 Å². The quantitative estimate of drug-likeness (QED) is 0.861. The minimum absolute atomic E-state index is 0.275. The van der Waals surface area contributed by atoms with Crippen LogP contribution in [0.25, 0.3) is 0 Å². The second-order valence-corrected chi connectivity index (χ2v) is 5.29. The number of carbonyl (C=O) groups excluding carboxylic acids is 1. The van der Waals surface area contributed by atoms with Gasteiger partial charge in [0.1, 0.15) is 11.9 Å². The number of amides is 1. The molecule has 4 nitrogen and oxygen atoms in total. The Morgan fingerprint density at radius 2 is 2.11 bits per heavy atom. The SMILES string of the molecule is O=C(O)C1CSC(Cc2ccc(F)cc2)C(=O)N1. The lowest BCUT2D eigenvalue weighted by molar-refractivity contribution is -0.141. The summed E-state index contributed by atoms with van der Waals surface area (Å²) in [6, 6.07) is 5.15. The molecule has 1 aliphatic heterocycles. The van der Waals surface area contributed by atoms with E-state index in [1.54, 1.807) is 12.1 Å². The number of aliphatic carboxylic acids is 1. The van der Waals surface area contributed by atoms with Crippen LogP contribution in [-0.4, -0.2) is 34.0 Å². The largest absolute Gasteiger partial charge is 0.480 e. The summed E-state index contributed by atoms with van der Waals surface area (Å²) in [6.45, 7) is 0. The molecule has 1 aromatic rings. The van der Waals surface area contributed by atoms with E-state index in [1.165, 1.54) is 23.9 Å². The summed E-state index contributed by atoms with van der Waals surface area (Å²) in [6.07, 6.45) is 0.475. The molecular formula is C12H12FNO3S. The van der Waals surface area contributed by atoms with Gasteiger partial charge in [-0.3, -0.25) is 4.79 Å². The molecule has 0 aromatic heterocycles. The molecule has 0 bridgehead atoms. The van der Waals surface area contributed by atoms with E-state index in [1.807, 2.05) is 0 Å². The lowest BCUT2D eigenvalue weighted by atomic mass is 10.1. The maximum absolute atomic E-state index is 12.7. The van der Waals surface area contributed by atoms with Gasteiger partial charge in [-0.15, -0.1) is 11.8 Å². The van der Waals surface area contributed by atoms with Crippen LogP contribution in [0.5, 0.6) is 0 Å².